The first-order valence-corrected chi connectivity index (χ1v) is 7.21. The van der Waals surface area contributed by atoms with E-state index < -0.39 is 0 Å². The molecule has 0 aromatic heterocycles. The van der Waals surface area contributed by atoms with Crippen molar-refractivity contribution in [2.75, 3.05) is 14.2 Å². The van der Waals surface area contributed by atoms with E-state index in [-0.39, 0.29) is 0 Å². The van der Waals surface area contributed by atoms with E-state index in [4.69, 9.17) is 9.47 Å². The fourth-order valence-corrected chi connectivity index (χ4v) is 2.34. The SMILES string of the molecule is COc1ccc(OC)c(CNC(C)Cc2ccccc2)c1. The molecule has 3 heteroatoms. The van der Waals surface area contributed by atoms with E-state index in [2.05, 4.69) is 36.5 Å². The lowest BCUT2D eigenvalue weighted by Crippen LogP contribution is -2.27. The van der Waals surface area contributed by atoms with Gasteiger partial charge in [0.1, 0.15) is 11.5 Å². The van der Waals surface area contributed by atoms with Gasteiger partial charge >= 0.3 is 0 Å². The van der Waals surface area contributed by atoms with Crippen LogP contribution >= 0.6 is 0 Å². The van der Waals surface area contributed by atoms with Gasteiger partial charge in [0, 0.05) is 18.2 Å². The second kappa shape index (κ2) is 7.70. The Kier molecular flexibility index (Phi) is 5.64. The Bertz CT molecular complexity index is 554. The Balaban J connectivity index is 1.95. The molecule has 0 aliphatic carbocycles. The first kappa shape index (κ1) is 15.4. The van der Waals surface area contributed by atoms with E-state index in [1.54, 1.807) is 14.2 Å². The summed E-state index contributed by atoms with van der Waals surface area (Å²) < 4.78 is 10.7. The van der Waals surface area contributed by atoms with Crippen LogP contribution in [0.2, 0.25) is 0 Å². The molecule has 1 atom stereocenters. The topological polar surface area (TPSA) is 30.5 Å². The molecule has 112 valence electrons. The highest BCUT2D eigenvalue weighted by atomic mass is 16.5. The Morgan fingerprint density at radius 1 is 1.00 bits per heavy atom. The lowest BCUT2D eigenvalue weighted by Gasteiger charge is -2.16. The van der Waals surface area contributed by atoms with Gasteiger partial charge in [-0.1, -0.05) is 30.3 Å². The zero-order valence-corrected chi connectivity index (χ0v) is 12.9. The molecule has 0 saturated carbocycles. The molecule has 0 radical (unpaired) electrons. The van der Waals surface area contributed by atoms with E-state index in [0.29, 0.717) is 6.04 Å². The van der Waals surface area contributed by atoms with E-state index in [9.17, 15) is 0 Å². The molecule has 0 saturated heterocycles. The zero-order valence-electron chi connectivity index (χ0n) is 12.9. The largest absolute Gasteiger partial charge is 0.497 e. The molecule has 0 amide bonds. The van der Waals surface area contributed by atoms with Crippen molar-refractivity contribution in [3.63, 3.8) is 0 Å². The van der Waals surface area contributed by atoms with Gasteiger partial charge in [-0.2, -0.15) is 0 Å². The molecule has 1 unspecified atom stereocenters. The van der Waals surface area contributed by atoms with Crippen LogP contribution in [0.4, 0.5) is 0 Å². The van der Waals surface area contributed by atoms with Crippen molar-refractivity contribution >= 4 is 0 Å². The van der Waals surface area contributed by atoms with Crippen molar-refractivity contribution in [2.45, 2.75) is 25.9 Å². The smallest absolute Gasteiger partial charge is 0.123 e. The van der Waals surface area contributed by atoms with Crippen LogP contribution in [0.15, 0.2) is 48.5 Å². The van der Waals surface area contributed by atoms with E-state index >= 15 is 0 Å². The molecule has 0 heterocycles. The van der Waals surface area contributed by atoms with Crippen LogP contribution in [0, 0.1) is 0 Å². The molecule has 2 aromatic carbocycles. The molecule has 0 aliphatic rings. The molecule has 3 nitrogen and oxygen atoms in total. The summed E-state index contributed by atoms with van der Waals surface area (Å²) >= 11 is 0. The number of nitrogens with one attached hydrogen (secondary N) is 1. The fourth-order valence-electron chi connectivity index (χ4n) is 2.34. The van der Waals surface area contributed by atoms with Crippen LogP contribution in [0.5, 0.6) is 11.5 Å². The molecule has 1 N–H and O–H groups in total. The molecule has 0 bridgehead atoms. The summed E-state index contributed by atoms with van der Waals surface area (Å²) in [6.45, 7) is 2.95. The van der Waals surface area contributed by atoms with Crippen LogP contribution in [0.25, 0.3) is 0 Å². The van der Waals surface area contributed by atoms with Gasteiger partial charge in [0.15, 0.2) is 0 Å². The molecule has 2 aromatic rings. The van der Waals surface area contributed by atoms with E-state index in [1.807, 2.05) is 24.3 Å². The Hall–Kier alpha value is -2.00. The minimum absolute atomic E-state index is 0.392. The first-order chi connectivity index (χ1) is 10.2. The summed E-state index contributed by atoms with van der Waals surface area (Å²) in [6, 6.07) is 16.8. The van der Waals surface area contributed by atoms with Crippen molar-refractivity contribution in [2.24, 2.45) is 0 Å². The van der Waals surface area contributed by atoms with Gasteiger partial charge in [-0.05, 0) is 37.1 Å². The summed E-state index contributed by atoms with van der Waals surface area (Å²) in [4.78, 5) is 0. The van der Waals surface area contributed by atoms with Crippen molar-refractivity contribution in [3.8, 4) is 11.5 Å². The fraction of sp³-hybridized carbons (Fsp3) is 0.333. The second-order valence-electron chi connectivity index (χ2n) is 5.15. The minimum Gasteiger partial charge on any atom is -0.497 e. The highest BCUT2D eigenvalue weighted by Crippen LogP contribution is 2.23. The van der Waals surface area contributed by atoms with Gasteiger partial charge in [0.25, 0.3) is 0 Å². The van der Waals surface area contributed by atoms with Gasteiger partial charge < -0.3 is 14.8 Å². The van der Waals surface area contributed by atoms with Crippen LogP contribution < -0.4 is 14.8 Å². The monoisotopic (exact) mass is 285 g/mol. The van der Waals surface area contributed by atoms with Crippen molar-refractivity contribution in [1.29, 1.82) is 0 Å². The van der Waals surface area contributed by atoms with Gasteiger partial charge in [0.2, 0.25) is 0 Å². The molecule has 0 spiro atoms. The first-order valence-electron chi connectivity index (χ1n) is 7.21. The maximum atomic E-state index is 5.40. The molecular formula is C18H23NO2. The van der Waals surface area contributed by atoms with Crippen LogP contribution in [-0.4, -0.2) is 20.3 Å². The number of ether oxygens (including phenoxy) is 2. The third-order valence-corrected chi connectivity index (χ3v) is 3.51. The number of hydrogen-bond acceptors (Lipinski definition) is 3. The number of benzene rings is 2. The van der Waals surface area contributed by atoms with Crippen molar-refractivity contribution in [3.05, 3.63) is 59.7 Å². The Morgan fingerprint density at radius 3 is 2.43 bits per heavy atom. The summed E-state index contributed by atoms with van der Waals surface area (Å²) in [5.74, 6) is 1.73. The van der Waals surface area contributed by atoms with Crippen molar-refractivity contribution in [1.82, 2.24) is 5.32 Å². The maximum absolute atomic E-state index is 5.40. The van der Waals surface area contributed by atoms with Gasteiger partial charge in [-0.15, -0.1) is 0 Å². The van der Waals surface area contributed by atoms with Crippen LogP contribution in [0.1, 0.15) is 18.1 Å². The number of rotatable bonds is 7. The van der Waals surface area contributed by atoms with Gasteiger partial charge in [-0.3, -0.25) is 0 Å². The third kappa shape index (κ3) is 4.50. The van der Waals surface area contributed by atoms with Crippen molar-refractivity contribution < 1.29 is 9.47 Å². The molecule has 21 heavy (non-hydrogen) atoms. The quantitative estimate of drug-likeness (QED) is 0.845. The average Bonchev–Trinajstić information content (AvgIpc) is 2.53. The van der Waals surface area contributed by atoms with Gasteiger partial charge in [0.05, 0.1) is 14.2 Å². The maximum Gasteiger partial charge on any atom is 0.123 e. The number of methoxy groups -OCH3 is 2. The van der Waals surface area contributed by atoms with Crippen LogP contribution in [0.3, 0.4) is 0 Å². The lowest BCUT2D eigenvalue weighted by molar-refractivity contribution is 0.395. The minimum atomic E-state index is 0.392. The molecule has 0 fully saturated rings. The highest BCUT2D eigenvalue weighted by molar-refractivity contribution is 5.40. The predicted molar refractivity (Wildman–Crippen MR) is 86.0 cm³/mol. The molecule has 2 rings (SSSR count). The zero-order chi connectivity index (χ0) is 15.1. The standard InChI is InChI=1S/C18H23NO2/c1-14(11-15-7-5-4-6-8-15)19-13-16-12-17(20-2)9-10-18(16)21-3/h4-10,12,14,19H,11,13H2,1-3H3. The van der Waals surface area contributed by atoms with Gasteiger partial charge in [-0.25, -0.2) is 0 Å². The highest BCUT2D eigenvalue weighted by Gasteiger charge is 2.08. The third-order valence-electron chi connectivity index (χ3n) is 3.51. The lowest BCUT2D eigenvalue weighted by atomic mass is 10.1. The molecular weight excluding hydrogens is 262 g/mol. The normalized spacial score (nSPS) is 12.0. The number of hydrogen-bond donors (Lipinski definition) is 1. The van der Waals surface area contributed by atoms with E-state index in [0.717, 1.165) is 30.0 Å². The Morgan fingerprint density at radius 2 is 1.76 bits per heavy atom. The average molecular weight is 285 g/mol. The summed E-state index contributed by atoms with van der Waals surface area (Å²) in [5.41, 5.74) is 2.45. The molecule has 0 aliphatic heterocycles. The summed E-state index contributed by atoms with van der Waals surface area (Å²) in [7, 11) is 3.37. The summed E-state index contributed by atoms with van der Waals surface area (Å²) in [6.07, 6.45) is 1.01. The van der Waals surface area contributed by atoms with E-state index in [1.165, 1.54) is 5.56 Å². The summed E-state index contributed by atoms with van der Waals surface area (Å²) in [5, 5.41) is 3.54. The second-order valence-corrected chi connectivity index (χ2v) is 5.15. The van der Waals surface area contributed by atoms with Crippen LogP contribution in [-0.2, 0) is 13.0 Å². The Labute approximate surface area is 126 Å². The predicted octanol–water partition coefficient (Wildman–Crippen LogP) is 3.42.